The molecule has 1 unspecified atom stereocenters. The van der Waals surface area contributed by atoms with Crippen molar-refractivity contribution in [1.29, 1.82) is 0 Å². The first-order chi connectivity index (χ1) is 21.7. The molecular weight excluding hydrogens is 594 g/mol. The summed E-state index contributed by atoms with van der Waals surface area (Å²) in [5, 5.41) is 57.3. The minimum atomic E-state index is -1.70. The van der Waals surface area contributed by atoms with Gasteiger partial charge in [-0.05, 0) is 81.6 Å². The number of carbonyl (C=O) groups excluding carboxylic acids is 2. The van der Waals surface area contributed by atoms with Crippen LogP contribution in [0, 0.1) is 41.4 Å². The summed E-state index contributed by atoms with van der Waals surface area (Å²) in [6.07, 6.45) is 0.0518. The van der Waals surface area contributed by atoms with Gasteiger partial charge in [0.1, 0.15) is 35.7 Å². The van der Waals surface area contributed by atoms with Gasteiger partial charge in [0.15, 0.2) is 5.78 Å². The quantitative estimate of drug-likeness (QED) is 0.173. The molecule has 258 valence electrons. The maximum atomic E-state index is 14.7. The largest absolute Gasteiger partial charge is 0.510 e. The molecule has 0 radical (unpaired) electrons. The highest BCUT2D eigenvalue weighted by atomic mass is 16.7. The molecular formula is C35H53NO10. The van der Waals surface area contributed by atoms with Gasteiger partial charge in [-0.2, -0.15) is 0 Å². The highest BCUT2D eigenvalue weighted by molar-refractivity contribution is 6.19. The Balaban J connectivity index is 1.41. The molecule has 0 spiro atoms. The van der Waals surface area contributed by atoms with Gasteiger partial charge in [0.25, 0.3) is 0 Å². The monoisotopic (exact) mass is 647 g/mol. The molecule has 46 heavy (non-hydrogen) atoms. The summed E-state index contributed by atoms with van der Waals surface area (Å²) < 4.78 is 12.8. The van der Waals surface area contributed by atoms with Crippen molar-refractivity contribution in [2.45, 2.75) is 134 Å². The highest BCUT2D eigenvalue weighted by Crippen LogP contribution is 2.64. The first-order valence-corrected chi connectivity index (χ1v) is 17.3. The number of nitrogens with zero attached hydrogens (tertiary/aromatic N) is 1. The van der Waals surface area contributed by atoms with Crippen molar-refractivity contribution in [3.8, 4) is 0 Å². The summed E-state index contributed by atoms with van der Waals surface area (Å²) in [5.74, 6) is -2.62. The lowest BCUT2D eigenvalue weighted by molar-refractivity contribution is -0.238. The molecule has 0 aromatic carbocycles. The van der Waals surface area contributed by atoms with Crippen molar-refractivity contribution >= 4 is 11.8 Å². The van der Waals surface area contributed by atoms with E-state index in [1.165, 1.54) is 0 Å². The van der Waals surface area contributed by atoms with Gasteiger partial charge >= 0.3 is 5.97 Å². The number of fused-ring (bicyclic) bond motifs is 12. The number of carbonyl (C=O) groups is 2. The van der Waals surface area contributed by atoms with E-state index >= 15 is 0 Å². The Kier molecular flexibility index (Phi) is 9.28. The fourth-order valence-electron chi connectivity index (χ4n) is 9.83. The summed E-state index contributed by atoms with van der Waals surface area (Å²) in [5.41, 5.74) is -0.630. The third-order valence-electron chi connectivity index (χ3n) is 12.5. The van der Waals surface area contributed by atoms with Crippen LogP contribution in [0.15, 0.2) is 23.0 Å². The maximum absolute atomic E-state index is 14.7. The van der Waals surface area contributed by atoms with Gasteiger partial charge in [-0.1, -0.05) is 39.7 Å². The van der Waals surface area contributed by atoms with Gasteiger partial charge in [-0.15, -0.1) is 5.06 Å². The number of ketones is 1. The Morgan fingerprint density at radius 3 is 2.39 bits per heavy atom. The molecule has 0 amide bonds. The molecule has 7 aliphatic rings. The molecule has 2 saturated carbocycles. The van der Waals surface area contributed by atoms with E-state index in [9.17, 15) is 35.1 Å². The van der Waals surface area contributed by atoms with Crippen molar-refractivity contribution in [3.05, 3.63) is 23.0 Å². The average molecular weight is 648 g/mol. The lowest BCUT2D eigenvalue weighted by Gasteiger charge is -2.49. The van der Waals surface area contributed by atoms with Crippen LogP contribution >= 0.6 is 0 Å². The normalized spacial score (nSPS) is 49.5. The number of hydrogen-bond donors (Lipinski definition) is 5. The number of aliphatic hydroxyl groups is 5. The predicted octanol–water partition coefficient (Wildman–Crippen LogP) is 2.60. The Hall–Kier alpha value is -1.86. The molecule has 5 aliphatic heterocycles. The summed E-state index contributed by atoms with van der Waals surface area (Å²) in [6.45, 7) is 11.0. The molecule has 5 heterocycles. The molecule has 17 atom stereocenters. The third kappa shape index (κ3) is 5.67. The van der Waals surface area contributed by atoms with E-state index in [4.69, 9.17) is 14.3 Å². The third-order valence-corrected chi connectivity index (χ3v) is 12.5. The second-order valence-corrected chi connectivity index (χ2v) is 15.5. The van der Waals surface area contributed by atoms with E-state index in [-0.39, 0.29) is 42.0 Å². The number of ether oxygens (including phenoxy) is 2. The molecule has 7 rings (SSSR count). The number of aliphatic hydroxyl groups excluding tert-OH is 5. The van der Waals surface area contributed by atoms with Crippen LogP contribution in [0.25, 0.3) is 0 Å². The van der Waals surface area contributed by atoms with E-state index in [1.54, 1.807) is 26.8 Å². The zero-order valence-corrected chi connectivity index (χ0v) is 27.9. The van der Waals surface area contributed by atoms with Crippen molar-refractivity contribution in [1.82, 2.24) is 5.06 Å². The zero-order valence-electron chi connectivity index (χ0n) is 27.9. The molecule has 2 bridgehead atoms. The Labute approximate surface area is 271 Å². The highest BCUT2D eigenvalue weighted by Gasteiger charge is 2.73. The summed E-state index contributed by atoms with van der Waals surface area (Å²) in [7, 11) is 0. The van der Waals surface area contributed by atoms with Gasteiger partial charge in [0.2, 0.25) is 0 Å². The second kappa shape index (κ2) is 12.5. The SMILES string of the molecule is CC=C(C)[C@H](O)[C@H](O)[C@H]1[C@@H](O)[C@H](O)[C@@H](C)CCCC[C@@H]2O[C@@]2(C)[C@H]2[C@@H]3O[C@@H]3[C@H]3C[C@@H](C)C[C@@H](C)[C@H]3[C@@H]2C(=O)C2=C(O)CN1OC2=O. The second-order valence-electron chi connectivity index (χ2n) is 15.5. The number of hydroxylamine groups is 2. The molecule has 5 N–H and O–H groups in total. The van der Waals surface area contributed by atoms with E-state index in [0.29, 0.717) is 17.9 Å². The zero-order chi connectivity index (χ0) is 33.4. The summed E-state index contributed by atoms with van der Waals surface area (Å²) in [6, 6.07) is -1.51. The topological polar surface area (TPSA) is 173 Å². The number of Topliss-reactive ketones (excluding diaryl/α,β-unsaturated/α-hetero) is 1. The predicted molar refractivity (Wildman–Crippen MR) is 166 cm³/mol. The van der Waals surface area contributed by atoms with Crippen molar-refractivity contribution in [3.63, 3.8) is 0 Å². The number of hydrogen-bond acceptors (Lipinski definition) is 11. The molecule has 3 saturated heterocycles. The van der Waals surface area contributed by atoms with Gasteiger partial charge < -0.3 is 39.8 Å². The van der Waals surface area contributed by atoms with Gasteiger partial charge in [0.05, 0.1) is 36.6 Å². The van der Waals surface area contributed by atoms with Gasteiger partial charge in [0, 0.05) is 11.8 Å². The van der Waals surface area contributed by atoms with E-state index in [2.05, 4.69) is 13.8 Å². The molecule has 11 nitrogen and oxygen atoms in total. The first kappa shape index (κ1) is 34.0. The average Bonchev–Trinajstić information content (AvgIpc) is 3.92. The van der Waals surface area contributed by atoms with Crippen LogP contribution in [0.1, 0.15) is 80.1 Å². The number of epoxide rings is 2. The Morgan fingerprint density at radius 1 is 1.02 bits per heavy atom. The Bertz CT molecular complexity index is 1270. The van der Waals surface area contributed by atoms with Crippen LogP contribution in [0.4, 0.5) is 0 Å². The first-order valence-electron chi connectivity index (χ1n) is 17.3. The van der Waals surface area contributed by atoms with Crippen LogP contribution < -0.4 is 0 Å². The van der Waals surface area contributed by atoms with E-state index < -0.39 is 77.5 Å². The maximum Gasteiger partial charge on any atom is 0.364 e. The minimum absolute atomic E-state index is 0.0505. The summed E-state index contributed by atoms with van der Waals surface area (Å²) in [4.78, 5) is 34.2. The standard InChI is InChI=1S/C35H53NO10/c1-7-16(3)27(38)30(41)26-31(42)28(39)17(4)10-8-9-11-21-35(6,45-21)25-24(29(40)23-20(37)14-36(26)46-34(23)43)22-18(5)12-15(2)13-19(22)32-33(25)44-32/h7,15,17-19,21-22,24-28,30-33,37-39,41-42H,8-14H2,1-6H3/t15-,17-,18+,19-,21-,22+,24-,25+,26-,27-,28+,30+,31+,32+,33-,35+/m0/s1. The fraction of sp³-hybridized carbons (Fsp3) is 0.829. The van der Waals surface area contributed by atoms with Gasteiger partial charge in [-0.25, -0.2) is 4.79 Å². The lowest BCUT2D eigenvalue weighted by Crippen LogP contribution is -2.61. The van der Waals surface area contributed by atoms with Crippen LogP contribution in [-0.4, -0.2) is 103 Å². The van der Waals surface area contributed by atoms with Crippen molar-refractivity contribution in [2.75, 3.05) is 6.54 Å². The number of rotatable bonds is 3. The lowest BCUT2D eigenvalue weighted by atomic mass is 9.53. The fourth-order valence-corrected chi connectivity index (χ4v) is 9.83. The minimum Gasteiger partial charge on any atom is -0.510 e. The number of allylic oxidation sites excluding steroid dienone is 1. The summed E-state index contributed by atoms with van der Waals surface area (Å²) >= 11 is 0. The van der Waals surface area contributed by atoms with Gasteiger partial charge in [-0.3, -0.25) is 4.79 Å². The Morgan fingerprint density at radius 2 is 1.72 bits per heavy atom. The molecule has 11 heteroatoms. The van der Waals surface area contributed by atoms with Crippen LogP contribution in [-0.2, 0) is 23.9 Å². The van der Waals surface area contributed by atoms with Crippen LogP contribution in [0.2, 0.25) is 0 Å². The molecule has 2 aliphatic carbocycles. The van der Waals surface area contributed by atoms with Crippen molar-refractivity contribution < 1.29 is 49.4 Å². The molecule has 5 fully saturated rings. The van der Waals surface area contributed by atoms with Crippen LogP contribution in [0.5, 0.6) is 0 Å². The van der Waals surface area contributed by atoms with E-state index in [0.717, 1.165) is 37.2 Å². The van der Waals surface area contributed by atoms with Crippen LogP contribution in [0.3, 0.4) is 0 Å². The van der Waals surface area contributed by atoms with E-state index in [1.807, 2.05) is 6.92 Å². The molecule has 0 aromatic heterocycles. The van der Waals surface area contributed by atoms with Crippen molar-refractivity contribution in [2.24, 2.45) is 41.4 Å². The molecule has 0 aromatic rings. The smallest absolute Gasteiger partial charge is 0.364 e.